The minimum atomic E-state index is -1.68. The fourth-order valence-corrected chi connectivity index (χ4v) is 2.92. The number of anilines is 3. The van der Waals surface area contributed by atoms with E-state index in [4.69, 9.17) is 0 Å². The zero-order valence-electron chi connectivity index (χ0n) is 14.8. The van der Waals surface area contributed by atoms with Gasteiger partial charge in [-0.2, -0.15) is 0 Å². The summed E-state index contributed by atoms with van der Waals surface area (Å²) in [4.78, 5) is 37.0. The Morgan fingerprint density at radius 1 is 1.00 bits per heavy atom. The minimum absolute atomic E-state index is 0.0510. The van der Waals surface area contributed by atoms with Crippen molar-refractivity contribution in [3.05, 3.63) is 53.8 Å². The summed E-state index contributed by atoms with van der Waals surface area (Å²) in [6, 6.07) is 8.11. The molecule has 1 aliphatic heterocycles. The maximum Gasteiger partial charge on any atom is 0.229 e. The Morgan fingerprint density at radius 3 is 2.32 bits per heavy atom. The van der Waals surface area contributed by atoms with Crippen molar-refractivity contribution in [3.8, 4) is 0 Å². The maximum atomic E-state index is 13.7. The molecule has 1 fully saturated rings. The molecule has 2 aromatic rings. The molecule has 28 heavy (non-hydrogen) atoms. The summed E-state index contributed by atoms with van der Waals surface area (Å²) in [5, 5.41) is 4.80. The Labute approximate surface area is 158 Å². The van der Waals surface area contributed by atoms with E-state index in [1.54, 1.807) is 24.3 Å². The molecule has 0 radical (unpaired) electrons. The molecule has 1 heterocycles. The summed E-state index contributed by atoms with van der Waals surface area (Å²) in [5.41, 5.74) is 0.605. The molecule has 2 aromatic carbocycles. The molecule has 0 bridgehead atoms. The first-order valence-electron chi connectivity index (χ1n) is 8.38. The number of carbonyl (C=O) groups is 3. The highest BCUT2D eigenvalue weighted by Crippen LogP contribution is 2.28. The average Bonchev–Trinajstić information content (AvgIpc) is 3.04. The first-order chi connectivity index (χ1) is 13.3. The van der Waals surface area contributed by atoms with Gasteiger partial charge in [0.25, 0.3) is 0 Å². The number of nitrogens with one attached hydrogen (secondary N) is 2. The fraction of sp³-hybridized carbons (Fsp3) is 0.211. The van der Waals surface area contributed by atoms with Crippen molar-refractivity contribution in [1.82, 2.24) is 0 Å². The number of benzene rings is 2. The van der Waals surface area contributed by atoms with Crippen molar-refractivity contribution in [2.24, 2.45) is 5.92 Å². The predicted molar refractivity (Wildman–Crippen MR) is 96.2 cm³/mol. The fourth-order valence-electron chi connectivity index (χ4n) is 2.92. The maximum absolute atomic E-state index is 13.7. The zero-order valence-corrected chi connectivity index (χ0v) is 14.8. The van der Waals surface area contributed by atoms with E-state index in [0.29, 0.717) is 17.4 Å². The van der Waals surface area contributed by atoms with Crippen LogP contribution < -0.4 is 15.5 Å². The van der Waals surface area contributed by atoms with Gasteiger partial charge in [-0.1, -0.05) is 0 Å². The van der Waals surface area contributed by atoms with Crippen LogP contribution in [0.1, 0.15) is 13.3 Å². The summed E-state index contributed by atoms with van der Waals surface area (Å²) in [7, 11) is 0. The molecule has 0 spiro atoms. The molecule has 0 saturated carbocycles. The Hall–Kier alpha value is -3.36. The van der Waals surface area contributed by atoms with Gasteiger partial charge in [0, 0.05) is 31.3 Å². The normalized spacial score (nSPS) is 16.2. The predicted octanol–water partition coefficient (Wildman–Crippen LogP) is 3.05. The molecule has 9 heteroatoms. The molecule has 2 N–H and O–H groups in total. The average molecular weight is 391 g/mol. The minimum Gasteiger partial charge on any atom is -0.326 e. The van der Waals surface area contributed by atoms with Gasteiger partial charge in [-0.05, 0) is 36.4 Å². The van der Waals surface area contributed by atoms with E-state index < -0.39 is 35.0 Å². The standard InChI is InChI=1S/C19H16F3N3O3/c1-10(26)23-12-2-4-13(5-3-12)25-9-11(8-16(25)27)19(28)24-15-7-6-14(20)17(21)18(15)22/h2-7,11H,8-9H2,1H3,(H,23,26)(H,24,28). The van der Waals surface area contributed by atoms with E-state index in [1.165, 1.54) is 11.8 Å². The molecular formula is C19H16F3N3O3. The second kappa shape index (κ2) is 7.71. The summed E-state index contributed by atoms with van der Waals surface area (Å²) in [6.45, 7) is 1.42. The van der Waals surface area contributed by atoms with Crippen LogP contribution in [0, 0.1) is 23.4 Å². The molecule has 0 aliphatic carbocycles. The van der Waals surface area contributed by atoms with Crippen molar-refractivity contribution < 1.29 is 27.6 Å². The molecule has 146 valence electrons. The van der Waals surface area contributed by atoms with Gasteiger partial charge in [0.15, 0.2) is 17.5 Å². The first-order valence-corrected chi connectivity index (χ1v) is 8.38. The highest BCUT2D eigenvalue weighted by atomic mass is 19.2. The van der Waals surface area contributed by atoms with E-state index in [9.17, 15) is 27.6 Å². The second-order valence-corrected chi connectivity index (χ2v) is 6.35. The van der Waals surface area contributed by atoms with E-state index in [0.717, 1.165) is 6.07 Å². The highest BCUT2D eigenvalue weighted by Gasteiger charge is 2.35. The number of hydrogen-bond donors (Lipinski definition) is 2. The van der Waals surface area contributed by atoms with Crippen molar-refractivity contribution in [2.75, 3.05) is 22.1 Å². The van der Waals surface area contributed by atoms with Crippen LogP contribution in [0.25, 0.3) is 0 Å². The topological polar surface area (TPSA) is 78.5 Å². The molecule has 3 amide bonds. The van der Waals surface area contributed by atoms with E-state index >= 15 is 0 Å². The lowest BCUT2D eigenvalue weighted by atomic mass is 10.1. The molecular weight excluding hydrogens is 375 g/mol. The zero-order chi connectivity index (χ0) is 20.4. The van der Waals surface area contributed by atoms with Gasteiger partial charge < -0.3 is 15.5 Å². The van der Waals surface area contributed by atoms with E-state index in [1.807, 2.05) is 0 Å². The number of hydrogen-bond acceptors (Lipinski definition) is 3. The van der Waals surface area contributed by atoms with Gasteiger partial charge in [-0.3, -0.25) is 14.4 Å². The molecule has 1 saturated heterocycles. The van der Waals surface area contributed by atoms with E-state index in [2.05, 4.69) is 10.6 Å². The monoisotopic (exact) mass is 391 g/mol. The smallest absolute Gasteiger partial charge is 0.229 e. The SMILES string of the molecule is CC(=O)Nc1ccc(N2CC(C(=O)Nc3ccc(F)c(F)c3F)CC2=O)cc1. The quantitative estimate of drug-likeness (QED) is 0.787. The van der Waals surface area contributed by atoms with Crippen molar-refractivity contribution in [2.45, 2.75) is 13.3 Å². The third-order valence-electron chi connectivity index (χ3n) is 4.29. The Bertz CT molecular complexity index is 947. The largest absolute Gasteiger partial charge is 0.326 e. The lowest BCUT2D eigenvalue weighted by molar-refractivity contribution is -0.122. The molecule has 3 rings (SSSR count). The van der Waals surface area contributed by atoms with Gasteiger partial charge in [0.2, 0.25) is 17.7 Å². The molecule has 1 aliphatic rings. The lowest BCUT2D eigenvalue weighted by Crippen LogP contribution is -2.28. The number of amides is 3. The third kappa shape index (κ3) is 3.98. The van der Waals surface area contributed by atoms with Crippen molar-refractivity contribution in [3.63, 3.8) is 0 Å². The van der Waals surface area contributed by atoms with Crippen LogP contribution in [-0.4, -0.2) is 24.3 Å². The molecule has 1 unspecified atom stereocenters. The van der Waals surface area contributed by atoms with Gasteiger partial charge in [0.1, 0.15) is 0 Å². The number of rotatable bonds is 4. The Kier molecular flexibility index (Phi) is 5.34. The molecule has 1 atom stereocenters. The highest BCUT2D eigenvalue weighted by molar-refractivity contribution is 6.03. The van der Waals surface area contributed by atoms with Gasteiger partial charge in [0.05, 0.1) is 11.6 Å². The van der Waals surface area contributed by atoms with Crippen molar-refractivity contribution in [1.29, 1.82) is 0 Å². The summed E-state index contributed by atoms with van der Waals surface area (Å²) < 4.78 is 40.0. The number of nitrogens with zero attached hydrogens (tertiary/aromatic N) is 1. The Morgan fingerprint density at radius 2 is 1.68 bits per heavy atom. The van der Waals surface area contributed by atoms with Crippen LogP contribution in [0.4, 0.5) is 30.2 Å². The first kappa shape index (κ1) is 19.4. The number of halogens is 3. The van der Waals surface area contributed by atoms with Crippen LogP contribution in [0.15, 0.2) is 36.4 Å². The van der Waals surface area contributed by atoms with Crippen LogP contribution in [0.5, 0.6) is 0 Å². The van der Waals surface area contributed by atoms with E-state index in [-0.39, 0.29) is 24.8 Å². The third-order valence-corrected chi connectivity index (χ3v) is 4.29. The lowest BCUT2D eigenvalue weighted by Gasteiger charge is -2.17. The van der Waals surface area contributed by atoms with Crippen LogP contribution in [0.3, 0.4) is 0 Å². The second-order valence-electron chi connectivity index (χ2n) is 6.35. The van der Waals surface area contributed by atoms with Gasteiger partial charge in [-0.25, -0.2) is 13.2 Å². The molecule has 6 nitrogen and oxygen atoms in total. The Balaban J connectivity index is 1.69. The van der Waals surface area contributed by atoms with Gasteiger partial charge in [-0.15, -0.1) is 0 Å². The summed E-state index contributed by atoms with van der Waals surface area (Å²) in [5.74, 6) is -6.53. The summed E-state index contributed by atoms with van der Waals surface area (Å²) in [6.07, 6.45) is -0.107. The van der Waals surface area contributed by atoms with Crippen molar-refractivity contribution >= 4 is 34.8 Å². The van der Waals surface area contributed by atoms with Crippen LogP contribution >= 0.6 is 0 Å². The van der Waals surface area contributed by atoms with Crippen LogP contribution in [-0.2, 0) is 14.4 Å². The van der Waals surface area contributed by atoms with Gasteiger partial charge >= 0.3 is 0 Å². The molecule has 0 aromatic heterocycles. The van der Waals surface area contributed by atoms with Crippen LogP contribution in [0.2, 0.25) is 0 Å². The number of carbonyl (C=O) groups excluding carboxylic acids is 3. The summed E-state index contributed by atoms with van der Waals surface area (Å²) >= 11 is 0.